The van der Waals surface area contributed by atoms with Gasteiger partial charge in [-0.1, -0.05) is 30.3 Å². The van der Waals surface area contributed by atoms with Crippen LogP contribution in [-0.2, 0) is 11.2 Å². The molecule has 0 radical (unpaired) electrons. The van der Waals surface area contributed by atoms with Crippen LogP contribution in [0.5, 0.6) is 0 Å². The van der Waals surface area contributed by atoms with Crippen LogP contribution in [0.4, 0.5) is 4.79 Å². The van der Waals surface area contributed by atoms with E-state index >= 15 is 0 Å². The molecule has 1 aliphatic heterocycles. The number of aliphatic carboxylic acids is 1. The minimum Gasteiger partial charge on any atom is -0.481 e. The van der Waals surface area contributed by atoms with Crippen molar-refractivity contribution in [3.63, 3.8) is 0 Å². The van der Waals surface area contributed by atoms with Gasteiger partial charge in [0.1, 0.15) is 0 Å². The zero-order valence-corrected chi connectivity index (χ0v) is 13.5. The number of hydrogen-bond acceptors (Lipinski definition) is 2. The Bertz CT molecular complexity index is 504. The molecule has 1 atom stereocenters. The van der Waals surface area contributed by atoms with Gasteiger partial charge in [-0.2, -0.15) is 0 Å². The van der Waals surface area contributed by atoms with E-state index in [-0.39, 0.29) is 18.5 Å². The lowest BCUT2D eigenvalue weighted by molar-refractivity contribution is -0.137. The Labute approximate surface area is 137 Å². The van der Waals surface area contributed by atoms with Gasteiger partial charge in [-0.3, -0.25) is 4.79 Å². The summed E-state index contributed by atoms with van der Waals surface area (Å²) >= 11 is 0. The maximum Gasteiger partial charge on any atom is 0.317 e. The number of amides is 2. The number of nitrogens with zero attached hydrogens (tertiary/aromatic N) is 1. The zero-order chi connectivity index (χ0) is 16.5. The first kappa shape index (κ1) is 17.3. The van der Waals surface area contributed by atoms with Crippen molar-refractivity contribution in [2.24, 2.45) is 0 Å². The number of nitrogens with one attached hydrogen (secondary N) is 1. The van der Waals surface area contributed by atoms with Crippen molar-refractivity contribution in [1.29, 1.82) is 0 Å². The third-order valence-corrected chi connectivity index (χ3v) is 4.34. The van der Waals surface area contributed by atoms with Gasteiger partial charge in [0.05, 0.1) is 0 Å². The number of carbonyl (C=O) groups excluding carboxylic acids is 1. The second kappa shape index (κ2) is 9.18. The quantitative estimate of drug-likeness (QED) is 0.759. The van der Waals surface area contributed by atoms with Crippen LogP contribution in [0.25, 0.3) is 0 Å². The monoisotopic (exact) mass is 318 g/mol. The third-order valence-electron chi connectivity index (χ3n) is 4.34. The van der Waals surface area contributed by atoms with E-state index in [0.717, 1.165) is 32.2 Å². The molecule has 0 saturated carbocycles. The summed E-state index contributed by atoms with van der Waals surface area (Å²) in [5, 5.41) is 11.5. The van der Waals surface area contributed by atoms with E-state index in [1.807, 2.05) is 23.1 Å². The number of carbonyl (C=O) groups is 2. The summed E-state index contributed by atoms with van der Waals surface area (Å²) in [4.78, 5) is 24.8. The molecule has 1 aromatic rings. The number of carboxylic acids is 1. The number of urea groups is 1. The number of rotatable bonds is 7. The molecular weight excluding hydrogens is 292 g/mol. The summed E-state index contributed by atoms with van der Waals surface area (Å²) in [6.07, 6.45) is 5.80. The fourth-order valence-electron chi connectivity index (χ4n) is 3.08. The molecule has 126 valence electrons. The third kappa shape index (κ3) is 5.93. The minimum absolute atomic E-state index is 0.0480. The summed E-state index contributed by atoms with van der Waals surface area (Å²) in [6, 6.07) is 10.6. The maximum absolute atomic E-state index is 12.3. The highest BCUT2D eigenvalue weighted by Gasteiger charge is 2.26. The van der Waals surface area contributed by atoms with E-state index in [0.29, 0.717) is 13.0 Å². The molecule has 2 rings (SSSR count). The molecule has 2 N–H and O–H groups in total. The lowest BCUT2D eigenvalue weighted by Gasteiger charge is -2.36. The zero-order valence-electron chi connectivity index (χ0n) is 13.5. The van der Waals surface area contributed by atoms with E-state index in [1.54, 1.807) is 0 Å². The second-order valence-electron chi connectivity index (χ2n) is 6.10. The molecule has 5 heteroatoms. The van der Waals surface area contributed by atoms with Crippen LogP contribution in [0.2, 0.25) is 0 Å². The number of benzene rings is 1. The van der Waals surface area contributed by atoms with Crippen LogP contribution in [0.1, 0.15) is 44.1 Å². The maximum atomic E-state index is 12.3. The van der Waals surface area contributed by atoms with Crippen LogP contribution in [0.3, 0.4) is 0 Å². The normalized spacial score (nSPS) is 17.7. The molecule has 1 aromatic carbocycles. The summed E-state index contributed by atoms with van der Waals surface area (Å²) in [6.45, 7) is 1.22. The van der Waals surface area contributed by atoms with E-state index in [1.165, 1.54) is 12.0 Å². The predicted molar refractivity (Wildman–Crippen MR) is 89.4 cm³/mol. The molecular formula is C18H26N2O3. The summed E-state index contributed by atoms with van der Waals surface area (Å²) in [5.74, 6) is -0.821. The van der Waals surface area contributed by atoms with E-state index in [4.69, 9.17) is 5.11 Å². The summed E-state index contributed by atoms with van der Waals surface area (Å²) < 4.78 is 0. The predicted octanol–water partition coefficient (Wildman–Crippen LogP) is 3.05. The van der Waals surface area contributed by atoms with Crippen LogP contribution < -0.4 is 5.32 Å². The molecule has 23 heavy (non-hydrogen) atoms. The molecule has 1 heterocycles. The highest BCUT2D eigenvalue weighted by Crippen LogP contribution is 2.21. The molecule has 1 fully saturated rings. The number of likely N-dealkylation sites (tertiary alicyclic amines) is 1. The number of piperidine rings is 1. The smallest absolute Gasteiger partial charge is 0.317 e. The molecule has 1 aliphatic rings. The van der Waals surface area contributed by atoms with Gasteiger partial charge in [0, 0.05) is 25.6 Å². The molecule has 5 nitrogen and oxygen atoms in total. The van der Waals surface area contributed by atoms with Crippen molar-refractivity contribution in [2.75, 3.05) is 13.1 Å². The lowest BCUT2D eigenvalue weighted by atomic mass is 9.96. The average molecular weight is 318 g/mol. The van der Waals surface area contributed by atoms with Crippen molar-refractivity contribution in [3.05, 3.63) is 35.9 Å². The molecule has 1 saturated heterocycles. The standard InChI is InChI=1S/C18H26N2O3/c21-17(22)10-6-13-19-18(23)20-14-5-4-9-16(20)12-11-15-7-2-1-3-8-15/h1-3,7-8,16H,4-6,9-14H2,(H,19,23)(H,21,22). The van der Waals surface area contributed by atoms with Gasteiger partial charge in [-0.05, 0) is 44.1 Å². The van der Waals surface area contributed by atoms with E-state index < -0.39 is 5.97 Å². The number of aryl methyl sites for hydroxylation is 1. The molecule has 2 amide bonds. The molecule has 1 unspecified atom stereocenters. The Morgan fingerprint density at radius 3 is 2.74 bits per heavy atom. The van der Waals surface area contributed by atoms with E-state index in [2.05, 4.69) is 17.4 Å². The average Bonchev–Trinajstić information content (AvgIpc) is 2.58. The summed E-state index contributed by atoms with van der Waals surface area (Å²) in [7, 11) is 0. The molecule has 0 aliphatic carbocycles. The Morgan fingerprint density at radius 1 is 1.22 bits per heavy atom. The van der Waals surface area contributed by atoms with Crippen molar-refractivity contribution >= 4 is 12.0 Å². The van der Waals surface area contributed by atoms with Crippen molar-refractivity contribution in [1.82, 2.24) is 10.2 Å². The van der Waals surface area contributed by atoms with Crippen LogP contribution >= 0.6 is 0 Å². The first-order chi connectivity index (χ1) is 11.2. The Morgan fingerprint density at radius 2 is 2.00 bits per heavy atom. The summed E-state index contributed by atoms with van der Waals surface area (Å²) in [5.41, 5.74) is 1.31. The van der Waals surface area contributed by atoms with Gasteiger partial charge >= 0.3 is 12.0 Å². The first-order valence-electron chi connectivity index (χ1n) is 8.47. The topological polar surface area (TPSA) is 69.6 Å². The van der Waals surface area contributed by atoms with Crippen molar-refractivity contribution in [2.45, 2.75) is 51.0 Å². The Hall–Kier alpha value is -2.04. The molecule has 0 spiro atoms. The van der Waals surface area contributed by atoms with Gasteiger partial charge in [0.25, 0.3) is 0 Å². The van der Waals surface area contributed by atoms with Crippen LogP contribution in [0.15, 0.2) is 30.3 Å². The fourth-order valence-corrected chi connectivity index (χ4v) is 3.08. The second-order valence-corrected chi connectivity index (χ2v) is 6.10. The highest BCUT2D eigenvalue weighted by molar-refractivity contribution is 5.74. The lowest BCUT2D eigenvalue weighted by Crippen LogP contribution is -2.49. The van der Waals surface area contributed by atoms with Crippen LogP contribution in [0, 0.1) is 0 Å². The molecule has 0 aromatic heterocycles. The van der Waals surface area contributed by atoms with Crippen molar-refractivity contribution in [3.8, 4) is 0 Å². The fraction of sp³-hybridized carbons (Fsp3) is 0.556. The molecule has 0 bridgehead atoms. The van der Waals surface area contributed by atoms with Crippen LogP contribution in [-0.4, -0.2) is 41.1 Å². The Balaban J connectivity index is 1.80. The largest absolute Gasteiger partial charge is 0.481 e. The first-order valence-corrected chi connectivity index (χ1v) is 8.47. The SMILES string of the molecule is O=C(O)CCCNC(=O)N1CCCCC1CCc1ccccc1. The Kier molecular flexibility index (Phi) is 6.91. The van der Waals surface area contributed by atoms with Gasteiger partial charge in [0.2, 0.25) is 0 Å². The van der Waals surface area contributed by atoms with Gasteiger partial charge < -0.3 is 15.3 Å². The van der Waals surface area contributed by atoms with E-state index in [9.17, 15) is 9.59 Å². The van der Waals surface area contributed by atoms with Gasteiger partial charge in [-0.25, -0.2) is 4.79 Å². The van der Waals surface area contributed by atoms with Gasteiger partial charge in [0.15, 0.2) is 0 Å². The minimum atomic E-state index is -0.821. The highest BCUT2D eigenvalue weighted by atomic mass is 16.4. The number of hydrogen-bond donors (Lipinski definition) is 2. The number of carboxylic acid groups (broad SMARTS) is 1. The van der Waals surface area contributed by atoms with Crippen molar-refractivity contribution < 1.29 is 14.7 Å². The van der Waals surface area contributed by atoms with Gasteiger partial charge in [-0.15, -0.1) is 0 Å².